The molecule has 1 aromatic rings. The van der Waals surface area contributed by atoms with Gasteiger partial charge in [0.25, 0.3) is 0 Å². The van der Waals surface area contributed by atoms with Crippen LogP contribution in [0.4, 0.5) is 9.18 Å². The van der Waals surface area contributed by atoms with Crippen LogP contribution < -0.4 is 5.32 Å². The summed E-state index contributed by atoms with van der Waals surface area (Å²) in [6.45, 7) is 0.997. The van der Waals surface area contributed by atoms with E-state index >= 15 is 0 Å². The van der Waals surface area contributed by atoms with E-state index in [9.17, 15) is 14.0 Å². The molecule has 1 aliphatic heterocycles. The SMILES string of the molecule is COC(=O)N1CC[C@@H](NC(=O)/C=C\c2cccc(F)c2)C1. The van der Waals surface area contributed by atoms with Gasteiger partial charge < -0.3 is 15.0 Å². The molecule has 0 unspecified atom stereocenters. The normalized spacial score (nSPS) is 18.0. The summed E-state index contributed by atoms with van der Waals surface area (Å²) in [5.41, 5.74) is 0.618. The molecule has 1 N–H and O–H groups in total. The fourth-order valence-corrected chi connectivity index (χ4v) is 2.20. The third-order valence-corrected chi connectivity index (χ3v) is 3.24. The van der Waals surface area contributed by atoms with Gasteiger partial charge in [-0.05, 0) is 30.2 Å². The fraction of sp³-hybridized carbons (Fsp3) is 0.333. The van der Waals surface area contributed by atoms with Crippen LogP contribution in [0.15, 0.2) is 30.3 Å². The molecule has 112 valence electrons. The van der Waals surface area contributed by atoms with E-state index < -0.39 is 0 Å². The molecule has 0 aromatic heterocycles. The first-order chi connectivity index (χ1) is 10.1. The van der Waals surface area contributed by atoms with Gasteiger partial charge in [0.15, 0.2) is 0 Å². The zero-order valence-corrected chi connectivity index (χ0v) is 11.7. The summed E-state index contributed by atoms with van der Waals surface area (Å²) in [5.74, 6) is -0.613. The number of nitrogens with one attached hydrogen (secondary N) is 1. The maximum atomic E-state index is 13.0. The quantitative estimate of drug-likeness (QED) is 0.864. The van der Waals surface area contributed by atoms with Gasteiger partial charge in [-0.3, -0.25) is 4.79 Å². The van der Waals surface area contributed by atoms with Crippen LogP contribution in [0.1, 0.15) is 12.0 Å². The average molecular weight is 292 g/mol. The van der Waals surface area contributed by atoms with Crippen LogP contribution in [0.25, 0.3) is 6.08 Å². The molecule has 1 saturated heterocycles. The summed E-state index contributed by atoms with van der Waals surface area (Å²) in [6, 6.07) is 5.89. The summed E-state index contributed by atoms with van der Waals surface area (Å²) < 4.78 is 17.6. The van der Waals surface area contributed by atoms with Crippen molar-refractivity contribution in [3.05, 3.63) is 41.7 Å². The number of carbonyl (C=O) groups excluding carboxylic acids is 2. The van der Waals surface area contributed by atoms with E-state index in [1.54, 1.807) is 23.1 Å². The Morgan fingerprint density at radius 3 is 3.00 bits per heavy atom. The zero-order chi connectivity index (χ0) is 15.2. The van der Waals surface area contributed by atoms with Crippen LogP contribution in [-0.4, -0.2) is 43.1 Å². The number of amides is 2. The van der Waals surface area contributed by atoms with Gasteiger partial charge in [0.2, 0.25) is 5.91 Å². The lowest BCUT2D eigenvalue weighted by Gasteiger charge is -2.14. The number of hydrogen-bond acceptors (Lipinski definition) is 3. The van der Waals surface area contributed by atoms with Crippen LogP contribution >= 0.6 is 0 Å². The second kappa shape index (κ2) is 6.88. The van der Waals surface area contributed by atoms with Crippen molar-refractivity contribution in [2.24, 2.45) is 0 Å². The first kappa shape index (κ1) is 15.0. The first-order valence-corrected chi connectivity index (χ1v) is 6.65. The maximum Gasteiger partial charge on any atom is 0.409 e. The molecule has 1 fully saturated rings. The van der Waals surface area contributed by atoms with Gasteiger partial charge in [-0.1, -0.05) is 12.1 Å². The van der Waals surface area contributed by atoms with Crippen molar-refractivity contribution >= 4 is 18.1 Å². The molecule has 1 aliphatic rings. The van der Waals surface area contributed by atoms with Gasteiger partial charge in [-0.25, -0.2) is 9.18 Å². The maximum absolute atomic E-state index is 13.0. The molecule has 2 rings (SSSR count). The highest BCUT2D eigenvalue weighted by atomic mass is 19.1. The van der Waals surface area contributed by atoms with E-state index in [4.69, 9.17) is 0 Å². The van der Waals surface area contributed by atoms with Gasteiger partial charge in [0.1, 0.15) is 5.82 Å². The molecular weight excluding hydrogens is 275 g/mol. The van der Waals surface area contributed by atoms with Crippen LogP contribution in [0, 0.1) is 5.82 Å². The zero-order valence-electron chi connectivity index (χ0n) is 11.7. The lowest BCUT2D eigenvalue weighted by Crippen LogP contribution is -2.37. The Hall–Kier alpha value is -2.37. The number of likely N-dealkylation sites (tertiary alicyclic amines) is 1. The minimum atomic E-state index is -0.387. The summed E-state index contributed by atoms with van der Waals surface area (Å²) in [5, 5.41) is 2.80. The largest absolute Gasteiger partial charge is 0.453 e. The standard InChI is InChI=1S/C15H17FN2O3/c1-21-15(20)18-8-7-13(10-18)17-14(19)6-5-11-3-2-4-12(16)9-11/h2-6,9,13H,7-8,10H2,1H3,(H,17,19)/b6-5-/t13-/m1/s1. The predicted molar refractivity (Wildman–Crippen MR) is 76.0 cm³/mol. The molecule has 1 aromatic carbocycles. The molecule has 1 heterocycles. The van der Waals surface area contributed by atoms with Gasteiger partial charge in [0, 0.05) is 25.2 Å². The summed E-state index contributed by atoms with van der Waals surface area (Å²) >= 11 is 0. The number of benzene rings is 1. The van der Waals surface area contributed by atoms with Gasteiger partial charge in [0.05, 0.1) is 7.11 Å². The molecule has 0 radical (unpaired) electrons. The number of halogens is 1. The summed E-state index contributed by atoms with van der Waals surface area (Å²) in [4.78, 5) is 24.6. The topological polar surface area (TPSA) is 58.6 Å². The van der Waals surface area contributed by atoms with E-state index in [1.165, 1.54) is 25.3 Å². The Labute approximate surface area is 122 Å². The van der Waals surface area contributed by atoms with Crippen LogP contribution in [0.5, 0.6) is 0 Å². The van der Waals surface area contributed by atoms with Crippen LogP contribution in [0.2, 0.25) is 0 Å². The van der Waals surface area contributed by atoms with Crippen molar-refractivity contribution in [1.29, 1.82) is 0 Å². The summed E-state index contributed by atoms with van der Waals surface area (Å²) in [7, 11) is 1.33. The molecule has 1 atom stereocenters. The Kier molecular flexibility index (Phi) is 4.92. The fourth-order valence-electron chi connectivity index (χ4n) is 2.20. The number of rotatable bonds is 3. The van der Waals surface area contributed by atoms with Crippen molar-refractivity contribution in [3.8, 4) is 0 Å². The van der Waals surface area contributed by atoms with Gasteiger partial charge >= 0.3 is 6.09 Å². The van der Waals surface area contributed by atoms with Crippen molar-refractivity contribution in [3.63, 3.8) is 0 Å². The highest BCUT2D eigenvalue weighted by Crippen LogP contribution is 2.10. The molecule has 0 saturated carbocycles. The van der Waals surface area contributed by atoms with E-state index in [2.05, 4.69) is 10.1 Å². The van der Waals surface area contributed by atoms with Gasteiger partial charge in [-0.15, -0.1) is 0 Å². The number of nitrogens with zero attached hydrogens (tertiary/aromatic N) is 1. The molecular formula is C15H17FN2O3. The van der Waals surface area contributed by atoms with E-state index in [1.807, 2.05) is 0 Å². The summed E-state index contributed by atoms with van der Waals surface area (Å²) in [6.07, 6.45) is 3.21. The van der Waals surface area contributed by atoms with Crippen LogP contribution in [0.3, 0.4) is 0 Å². The number of carbonyl (C=O) groups is 2. The molecule has 6 heteroatoms. The number of methoxy groups -OCH3 is 1. The average Bonchev–Trinajstić information content (AvgIpc) is 2.93. The molecule has 21 heavy (non-hydrogen) atoms. The van der Waals surface area contributed by atoms with Crippen molar-refractivity contribution in [1.82, 2.24) is 10.2 Å². The van der Waals surface area contributed by atoms with E-state index in [0.29, 0.717) is 25.1 Å². The molecule has 0 bridgehead atoms. The van der Waals surface area contributed by atoms with Crippen molar-refractivity contribution < 1.29 is 18.7 Å². The third-order valence-electron chi connectivity index (χ3n) is 3.24. The highest BCUT2D eigenvalue weighted by Gasteiger charge is 2.27. The number of hydrogen-bond donors (Lipinski definition) is 1. The second-order valence-electron chi connectivity index (χ2n) is 4.80. The minimum absolute atomic E-state index is 0.0891. The third kappa shape index (κ3) is 4.30. The van der Waals surface area contributed by atoms with E-state index in [-0.39, 0.29) is 23.9 Å². The lowest BCUT2D eigenvalue weighted by atomic mass is 10.2. The number of ether oxygens (including phenoxy) is 1. The van der Waals surface area contributed by atoms with E-state index in [0.717, 1.165) is 0 Å². The Morgan fingerprint density at radius 1 is 1.48 bits per heavy atom. The Bertz CT molecular complexity index is 560. The minimum Gasteiger partial charge on any atom is -0.453 e. The smallest absolute Gasteiger partial charge is 0.409 e. The molecule has 2 amide bonds. The molecule has 0 aliphatic carbocycles. The Morgan fingerprint density at radius 2 is 2.29 bits per heavy atom. The predicted octanol–water partition coefficient (Wildman–Crippen LogP) is 1.80. The first-order valence-electron chi connectivity index (χ1n) is 6.65. The highest BCUT2D eigenvalue weighted by molar-refractivity contribution is 5.92. The molecule has 5 nitrogen and oxygen atoms in total. The lowest BCUT2D eigenvalue weighted by molar-refractivity contribution is -0.117. The monoisotopic (exact) mass is 292 g/mol. The van der Waals surface area contributed by atoms with Crippen molar-refractivity contribution in [2.75, 3.05) is 20.2 Å². The van der Waals surface area contributed by atoms with Crippen molar-refractivity contribution in [2.45, 2.75) is 12.5 Å². The second-order valence-corrected chi connectivity index (χ2v) is 4.80. The Balaban J connectivity index is 1.84. The van der Waals surface area contributed by atoms with Gasteiger partial charge in [-0.2, -0.15) is 0 Å². The molecule has 0 spiro atoms. The van der Waals surface area contributed by atoms with Crippen LogP contribution in [-0.2, 0) is 9.53 Å².